The number of thiocarbonyl (C=S) groups is 1. The van der Waals surface area contributed by atoms with E-state index >= 15 is 0 Å². The quantitative estimate of drug-likeness (QED) is 0.346. The predicted octanol–water partition coefficient (Wildman–Crippen LogP) is -1.10. The number of nitrogens with zero attached hydrogens (tertiary/aromatic N) is 1. The van der Waals surface area contributed by atoms with Gasteiger partial charge in [-0.1, -0.05) is 31.0 Å². The molecule has 0 aromatic heterocycles. The van der Waals surface area contributed by atoms with Gasteiger partial charge in [0.15, 0.2) is 0 Å². The summed E-state index contributed by atoms with van der Waals surface area (Å²) < 4.78 is 0.636. The third-order valence-corrected chi connectivity index (χ3v) is 2.34. The average molecular weight is 261 g/mol. The molecule has 0 rings (SSSR count). The van der Waals surface area contributed by atoms with Crippen LogP contribution in [0.15, 0.2) is 0 Å². The van der Waals surface area contributed by atoms with Gasteiger partial charge in [-0.15, -0.1) is 0 Å². The maximum atomic E-state index is 4.98. The van der Waals surface area contributed by atoms with Crippen molar-refractivity contribution in [1.29, 1.82) is 0 Å². The van der Waals surface area contributed by atoms with E-state index in [-0.39, 0.29) is 56.9 Å². The number of unbranched alkanes of at least 4 members (excludes halogenated alkanes) is 2. The molecule has 80 valence electrons. The van der Waals surface area contributed by atoms with E-state index in [2.05, 4.69) is 18.7 Å². The molecule has 0 aliphatic carbocycles. The van der Waals surface area contributed by atoms with Crippen LogP contribution in [0, 0.1) is 0 Å². The van der Waals surface area contributed by atoms with Gasteiger partial charge < -0.3 is 35.2 Å². The molecule has 0 saturated heterocycles. The van der Waals surface area contributed by atoms with Crippen molar-refractivity contribution in [1.82, 2.24) is 4.90 Å². The smallest absolute Gasteiger partial charge is 0.412 e. The summed E-state index contributed by atoms with van der Waals surface area (Å²) >= 11 is 9.97. The second-order valence-corrected chi connectivity index (χ2v) is 3.99. The standard InChI is InChI=1S/C9H19NS2.K.H2O/c1-3-5-7-10(9(11)12)8-6-4-2;;/h3-8H2,1-2H3,(H,11,12);;1H2/q;+1;/p-1. The van der Waals surface area contributed by atoms with Gasteiger partial charge in [0.2, 0.25) is 0 Å². The Kier molecular flexibility index (Phi) is 22.1. The maximum absolute atomic E-state index is 4.98. The van der Waals surface area contributed by atoms with Crippen molar-refractivity contribution in [2.24, 2.45) is 0 Å². The van der Waals surface area contributed by atoms with E-state index in [1.807, 2.05) is 0 Å². The molecule has 0 amide bonds. The molecule has 0 atom stereocenters. The van der Waals surface area contributed by atoms with E-state index in [4.69, 9.17) is 24.8 Å². The molecule has 0 heterocycles. The summed E-state index contributed by atoms with van der Waals surface area (Å²) in [6, 6.07) is 0. The average Bonchev–Trinajstić information content (AvgIpc) is 2.04. The minimum atomic E-state index is 0. The Balaban J connectivity index is -0.000000605. The normalized spacial score (nSPS) is 8.43. The van der Waals surface area contributed by atoms with Crippen molar-refractivity contribution in [2.45, 2.75) is 39.5 Å². The number of hydrogen-bond acceptors (Lipinski definition) is 2. The van der Waals surface area contributed by atoms with Crippen LogP contribution in [0.5, 0.6) is 0 Å². The van der Waals surface area contributed by atoms with E-state index in [0.717, 1.165) is 13.1 Å². The van der Waals surface area contributed by atoms with E-state index in [9.17, 15) is 0 Å². The Bertz CT molecular complexity index is 128. The topological polar surface area (TPSA) is 34.7 Å². The molecule has 0 aliphatic rings. The predicted molar refractivity (Wildman–Crippen MR) is 65.0 cm³/mol. The number of hydrogen-bond donors (Lipinski definition) is 0. The van der Waals surface area contributed by atoms with Gasteiger partial charge in [0, 0.05) is 13.1 Å². The molecule has 2 N–H and O–H groups in total. The van der Waals surface area contributed by atoms with Crippen molar-refractivity contribution in [2.75, 3.05) is 13.1 Å². The first kappa shape index (κ1) is 21.0. The molecule has 0 spiro atoms. The van der Waals surface area contributed by atoms with Gasteiger partial charge in [-0.25, -0.2) is 0 Å². The molecule has 2 nitrogen and oxygen atoms in total. The van der Waals surface area contributed by atoms with Gasteiger partial charge in [-0.05, 0) is 12.8 Å². The largest absolute Gasteiger partial charge is 1.00 e. The molecule has 14 heavy (non-hydrogen) atoms. The van der Waals surface area contributed by atoms with Crippen LogP contribution in [0.25, 0.3) is 0 Å². The Hall–Kier alpha value is 1.71. The molecule has 0 unspecified atom stereocenters. The fourth-order valence-corrected chi connectivity index (χ4v) is 1.36. The molecule has 0 aromatic rings. The zero-order valence-corrected chi connectivity index (χ0v) is 14.3. The van der Waals surface area contributed by atoms with Crippen LogP contribution in [-0.2, 0) is 12.6 Å². The van der Waals surface area contributed by atoms with Crippen LogP contribution in [0.2, 0.25) is 0 Å². The molecular weight excluding hydrogens is 241 g/mol. The van der Waals surface area contributed by atoms with Crippen molar-refractivity contribution in [3.8, 4) is 0 Å². The van der Waals surface area contributed by atoms with Gasteiger partial charge in [0.05, 0.1) is 0 Å². The molecule has 0 bridgehead atoms. The molecule has 0 fully saturated rings. The van der Waals surface area contributed by atoms with E-state index in [0.29, 0.717) is 4.32 Å². The molecule has 0 aromatic carbocycles. The third kappa shape index (κ3) is 11.8. The van der Waals surface area contributed by atoms with Crippen molar-refractivity contribution >= 4 is 29.2 Å². The zero-order chi connectivity index (χ0) is 9.40. The van der Waals surface area contributed by atoms with E-state index in [1.54, 1.807) is 0 Å². The van der Waals surface area contributed by atoms with Gasteiger partial charge in [-0.3, -0.25) is 0 Å². The van der Waals surface area contributed by atoms with Crippen LogP contribution in [0.3, 0.4) is 0 Å². The van der Waals surface area contributed by atoms with E-state index in [1.165, 1.54) is 25.7 Å². The summed E-state index contributed by atoms with van der Waals surface area (Å²) in [6.07, 6.45) is 4.81. The SMILES string of the molecule is CCCCN(CCCC)C(=S)[S-].O.[K+]. The first-order chi connectivity index (χ1) is 5.72. The van der Waals surface area contributed by atoms with Crippen LogP contribution in [0.1, 0.15) is 39.5 Å². The first-order valence-corrected chi connectivity index (χ1v) is 5.50. The summed E-state index contributed by atoms with van der Waals surface area (Å²) in [7, 11) is 0. The third-order valence-electron chi connectivity index (χ3n) is 1.82. The summed E-state index contributed by atoms with van der Waals surface area (Å²) in [5, 5.41) is 0. The Morgan fingerprint density at radius 3 is 1.71 bits per heavy atom. The van der Waals surface area contributed by atoms with Crippen molar-refractivity contribution in [3.63, 3.8) is 0 Å². The minimum Gasteiger partial charge on any atom is -0.412 e. The number of rotatable bonds is 6. The summed E-state index contributed by atoms with van der Waals surface area (Å²) in [6.45, 7) is 6.45. The van der Waals surface area contributed by atoms with Gasteiger partial charge >= 0.3 is 51.4 Å². The Morgan fingerprint density at radius 1 is 1.14 bits per heavy atom. The van der Waals surface area contributed by atoms with Crippen molar-refractivity contribution in [3.05, 3.63) is 0 Å². The van der Waals surface area contributed by atoms with E-state index < -0.39 is 0 Å². The van der Waals surface area contributed by atoms with Crippen LogP contribution in [0.4, 0.5) is 0 Å². The molecule has 5 heteroatoms. The second kappa shape index (κ2) is 14.7. The molecule has 0 saturated carbocycles. The second-order valence-electron chi connectivity index (χ2n) is 2.96. The first-order valence-electron chi connectivity index (χ1n) is 4.68. The van der Waals surface area contributed by atoms with Gasteiger partial charge in [0.1, 0.15) is 0 Å². The van der Waals surface area contributed by atoms with Gasteiger partial charge in [0.25, 0.3) is 0 Å². The molecular formula is C9H20KNOS2. The van der Waals surface area contributed by atoms with Crippen LogP contribution < -0.4 is 51.4 Å². The fraction of sp³-hybridized carbons (Fsp3) is 0.889. The Labute approximate surface area is 141 Å². The summed E-state index contributed by atoms with van der Waals surface area (Å²) in [5.74, 6) is 0. The maximum Gasteiger partial charge on any atom is 1.00 e. The monoisotopic (exact) mass is 261 g/mol. The minimum absolute atomic E-state index is 0. The molecule has 0 aliphatic heterocycles. The van der Waals surface area contributed by atoms with Gasteiger partial charge in [-0.2, -0.15) is 0 Å². The summed E-state index contributed by atoms with van der Waals surface area (Å²) in [5.41, 5.74) is 0. The Morgan fingerprint density at radius 2 is 1.50 bits per heavy atom. The van der Waals surface area contributed by atoms with Crippen LogP contribution in [-0.4, -0.2) is 27.8 Å². The summed E-state index contributed by atoms with van der Waals surface area (Å²) in [4.78, 5) is 2.14. The zero-order valence-electron chi connectivity index (χ0n) is 9.51. The van der Waals surface area contributed by atoms with Crippen LogP contribution >= 0.6 is 12.2 Å². The fourth-order valence-electron chi connectivity index (χ4n) is 0.992. The molecule has 0 radical (unpaired) electrons. The van der Waals surface area contributed by atoms with Crippen molar-refractivity contribution < 1.29 is 56.9 Å².